The van der Waals surface area contributed by atoms with Crippen LogP contribution in [0.5, 0.6) is 0 Å². The molecule has 2 bridgehead atoms. The predicted molar refractivity (Wildman–Crippen MR) is 99.4 cm³/mol. The normalized spacial score (nSPS) is 51.5. The van der Waals surface area contributed by atoms with Crippen LogP contribution in [0.1, 0.15) is 51.9 Å². The lowest BCUT2D eigenvalue weighted by Gasteiger charge is -2.55. The summed E-state index contributed by atoms with van der Waals surface area (Å²) in [6.07, 6.45) is 10.2. The number of thiol groups is 1. The van der Waals surface area contributed by atoms with Gasteiger partial charge in [0.1, 0.15) is 0 Å². The summed E-state index contributed by atoms with van der Waals surface area (Å²) in [4.78, 5) is 3.01. The van der Waals surface area contributed by atoms with Crippen LogP contribution in [0.3, 0.4) is 0 Å². The van der Waals surface area contributed by atoms with E-state index < -0.39 is 5.60 Å². The summed E-state index contributed by atoms with van der Waals surface area (Å²) >= 11 is 3.98. The smallest absolute Gasteiger partial charge is 0.0992 e. The Bertz CT molecular complexity index is 763. The first-order valence-electron chi connectivity index (χ1n) is 9.63. The third-order valence-corrected chi connectivity index (χ3v) is 8.29. The van der Waals surface area contributed by atoms with Crippen LogP contribution >= 0.6 is 12.9 Å². The fourth-order valence-corrected chi connectivity index (χ4v) is 6.87. The molecule has 0 aromatic rings. The summed E-state index contributed by atoms with van der Waals surface area (Å²) < 4.78 is 12.2. The Labute approximate surface area is 158 Å². The first-order valence-corrected chi connectivity index (χ1v) is 10.00. The Morgan fingerprint density at radius 2 is 2.23 bits per heavy atom. The number of nitrogens with zero attached hydrogens (tertiary/aromatic N) is 3. The number of aliphatic hydroxyl groups excluding tert-OH is 1. The summed E-state index contributed by atoms with van der Waals surface area (Å²) in [7, 11) is 0. The molecule has 140 valence electrons. The summed E-state index contributed by atoms with van der Waals surface area (Å²) in [6.45, 7) is 2.25. The zero-order valence-corrected chi connectivity index (χ0v) is 15.9. The SMILES string of the molecule is C[C@]12CCC3=CC4=C[C@H](OS)[C@@H](N=[N+]=[N-])C[C@]45CC[C@]3(O5)[C@@H]1CC[C@@H]2O. The summed E-state index contributed by atoms with van der Waals surface area (Å²) in [5.74, 6) is 0.364. The van der Waals surface area contributed by atoms with Gasteiger partial charge in [0.15, 0.2) is 0 Å². The van der Waals surface area contributed by atoms with Gasteiger partial charge in [-0.1, -0.05) is 18.1 Å². The predicted octanol–water partition coefficient (Wildman–Crippen LogP) is 4.02. The molecule has 5 aliphatic rings. The molecule has 2 spiro atoms. The fraction of sp³-hybridized carbons (Fsp3) is 0.789. The molecule has 2 saturated carbocycles. The van der Waals surface area contributed by atoms with Gasteiger partial charge >= 0.3 is 0 Å². The molecular formula is C19H25N3O3S. The molecule has 5 rings (SSSR count). The van der Waals surface area contributed by atoms with Crippen molar-refractivity contribution < 1.29 is 14.0 Å². The fourth-order valence-electron chi connectivity index (χ4n) is 6.67. The van der Waals surface area contributed by atoms with Crippen LogP contribution in [0.2, 0.25) is 0 Å². The molecule has 0 amide bonds. The highest BCUT2D eigenvalue weighted by molar-refractivity contribution is 7.75. The third kappa shape index (κ3) is 1.98. The Morgan fingerprint density at radius 3 is 3.00 bits per heavy atom. The summed E-state index contributed by atoms with van der Waals surface area (Å²) in [5.41, 5.74) is 10.8. The van der Waals surface area contributed by atoms with E-state index in [0.717, 1.165) is 44.1 Å². The number of hydrogen-bond donors (Lipinski definition) is 2. The molecule has 6 nitrogen and oxygen atoms in total. The molecule has 7 atom stereocenters. The number of hydrogen-bond acceptors (Lipinski definition) is 5. The second-order valence-electron chi connectivity index (χ2n) is 8.98. The van der Waals surface area contributed by atoms with Gasteiger partial charge in [0.05, 0.1) is 29.5 Å². The second kappa shape index (κ2) is 5.52. The molecule has 3 fully saturated rings. The molecule has 2 heterocycles. The van der Waals surface area contributed by atoms with E-state index in [2.05, 4.69) is 35.9 Å². The molecule has 0 aromatic carbocycles. The van der Waals surface area contributed by atoms with Crippen LogP contribution in [0.4, 0.5) is 0 Å². The molecule has 0 unspecified atom stereocenters. The van der Waals surface area contributed by atoms with Crippen molar-refractivity contribution in [3.05, 3.63) is 33.7 Å². The first-order chi connectivity index (χ1) is 12.5. The van der Waals surface area contributed by atoms with Crippen LogP contribution in [-0.2, 0) is 8.92 Å². The van der Waals surface area contributed by atoms with Crippen LogP contribution in [0, 0.1) is 11.3 Å². The van der Waals surface area contributed by atoms with Crippen molar-refractivity contribution in [2.24, 2.45) is 16.4 Å². The molecule has 0 radical (unpaired) electrons. The highest BCUT2D eigenvalue weighted by atomic mass is 32.1. The molecule has 26 heavy (non-hydrogen) atoms. The zero-order valence-electron chi connectivity index (χ0n) is 15.0. The Kier molecular flexibility index (Phi) is 3.64. The molecule has 3 aliphatic carbocycles. The van der Waals surface area contributed by atoms with E-state index in [1.54, 1.807) is 0 Å². The molecule has 1 N–H and O–H groups in total. The van der Waals surface area contributed by atoms with Gasteiger partial charge in [0.2, 0.25) is 0 Å². The van der Waals surface area contributed by atoms with Gasteiger partial charge in [-0.2, -0.15) is 0 Å². The van der Waals surface area contributed by atoms with Crippen LogP contribution in [0.15, 0.2) is 28.4 Å². The number of rotatable bonds is 2. The lowest BCUT2D eigenvalue weighted by molar-refractivity contribution is -0.152. The van der Waals surface area contributed by atoms with E-state index >= 15 is 0 Å². The molecule has 2 aliphatic heterocycles. The van der Waals surface area contributed by atoms with Gasteiger partial charge in [0, 0.05) is 4.91 Å². The second-order valence-corrected chi connectivity index (χ2v) is 9.19. The summed E-state index contributed by atoms with van der Waals surface area (Å²) in [6, 6.07) is -0.310. The van der Waals surface area contributed by atoms with E-state index in [0.29, 0.717) is 12.3 Å². The lowest BCUT2D eigenvalue weighted by atomic mass is 9.58. The minimum Gasteiger partial charge on any atom is -0.393 e. The Balaban J connectivity index is 1.61. The van der Waals surface area contributed by atoms with Crippen LogP contribution in [0.25, 0.3) is 10.4 Å². The maximum Gasteiger partial charge on any atom is 0.0992 e. The number of aliphatic hydroxyl groups is 1. The maximum absolute atomic E-state index is 10.6. The third-order valence-electron chi connectivity index (χ3n) is 8.04. The van der Waals surface area contributed by atoms with E-state index in [1.165, 1.54) is 5.57 Å². The lowest BCUT2D eigenvalue weighted by Crippen LogP contribution is -2.56. The van der Waals surface area contributed by atoms with Crippen molar-refractivity contribution in [2.45, 2.75) is 81.3 Å². The average Bonchev–Trinajstić information content (AvgIpc) is 3.10. The maximum atomic E-state index is 10.6. The van der Waals surface area contributed by atoms with E-state index in [-0.39, 0.29) is 29.3 Å². The van der Waals surface area contributed by atoms with E-state index in [4.69, 9.17) is 14.5 Å². The van der Waals surface area contributed by atoms with Crippen molar-refractivity contribution >= 4 is 12.9 Å². The van der Waals surface area contributed by atoms with Gasteiger partial charge in [-0.15, -0.1) is 0 Å². The van der Waals surface area contributed by atoms with Crippen molar-refractivity contribution in [1.29, 1.82) is 0 Å². The van der Waals surface area contributed by atoms with Gasteiger partial charge in [-0.05, 0) is 91.9 Å². The minimum absolute atomic E-state index is 0.0558. The summed E-state index contributed by atoms with van der Waals surface area (Å²) in [5, 5.41) is 14.6. The van der Waals surface area contributed by atoms with Crippen LogP contribution < -0.4 is 0 Å². The zero-order chi connectivity index (χ0) is 18.2. The minimum atomic E-state index is -0.392. The van der Waals surface area contributed by atoms with Gasteiger partial charge in [-0.25, -0.2) is 0 Å². The molecule has 1 saturated heterocycles. The first kappa shape index (κ1) is 17.1. The number of fused-ring (bicyclic) bond motifs is 1. The van der Waals surface area contributed by atoms with Crippen molar-refractivity contribution in [3.8, 4) is 0 Å². The largest absolute Gasteiger partial charge is 0.393 e. The number of azide groups is 1. The quantitative estimate of drug-likeness (QED) is 0.251. The van der Waals surface area contributed by atoms with E-state index in [1.807, 2.05) is 6.08 Å². The standard InChI is InChI=1S/C19H25N3O3S/c1-17-5-4-11-8-12-9-14(24-26)13(21-22-20)10-18(12)6-7-19(11,25-18)15(17)2-3-16(17)23/h8-9,13-16,23,26H,2-7,10H2,1H3/t13-,14-,15+,16-,17-,18+,19+/m0/s1. The monoisotopic (exact) mass is 375 g/mol. The van der Waals surface area contributed by atoms with Gasteiger partial charge < -0.3 is 14.0 Å². The van der Waals surface area contributed by atoms with Gasteiger partial charge in [-0.3, -0.25) is 0 Å². The highest BCUT2D eigenvalue weighted by Gasteiger charge is 2.67. The van der Waals surface area contributed by atoms with Crippen molar-refractivity contribution in [3.63, 3.8) is 0 Å². The average molecular weight is 375 g/mol. The molecule has 0 aromatic heterocycles. The molecule has 7 heteroatoms. The Hall–Kier alpha value is -0.980. The van der Waals surface area contributed by atoms with Gasteiger partial charge in [0.25, 0.3) is 0 Å². The topological polar surface area (TPSA) is 87.5 Å². The van der Waals surface area contributed by atoms with Crippen molar-refractivity contribution in [2.75, 3.05) is 0 Å². The molecular weight excluding hydrogens is 350 g/mol. The Morgan fingerprint density at radius 1 is 1.38 bits per heavy atom. The van der Waals surface area contributed by atoms with E-state index in [9.17, 15) is 5.11 Å². The van der Waals surface area contributed by atoms with Crippen LogP contribution in [-0.4, -0.2) is 34.6 Å². The number of ether oxygens (including phenoxy) is 1. The highest BCUT2D eigenvalue weighted by Crippen LogP contribution is 2.67. The van der Waals surface area contributed by atoms with Crippen molar-refractivity contribution in [1.82, 2.24) is 0 Å².